The van der Waals surface area contributed by atoms with Gasteiger partial charge in [0.2, 0.25) is 0 Å². The maximum atomic E-state index is 12.4. The van der Waals surface area contributed by atoms with Gasteiger partial charge in [0.05, 0.1) is 12.6 Å². The minimum atomic E-state index is -0.0508. The summed E-state index contributed by atoms with van der Waals surface area (Å²) < 4.78 is 5.55. The second kappa shape index (κ2) is 11.5. The third kappa shape index (κ3) is 7.65. The summed E-state index contributed by atoms with van der Waals surface area (Å²) in [6.07, 6.45) is 4.89. The lowest BCUT2D eigenvalue weighted by Crippen LogP contribution is -2.38. The highest BCUT2D eigenvalue weighted by Gasteiger charge is 2.21. The van der Waals surface area contributed by atoms with Gasteiger partial charge in [-0.1, -0.05) is 12.1 Å². The minimum absolute atomic E-state index is 0. The van der Waals surface area contributed by atoms with Crippen LogP contribution in [-0.4, -0.2) is 44.2 Å². The first-order chi connectivity index (χ1) is 12.7. The first-order valence-electron chi connectivity index (χ1n) is 9.75. The number of hydrogen-bond acceptors (Lipinski definition) is 3. The lowest BCUT2D eigenvalue weighted by molar-refractivity contribution is 0.0857. The van der Waals surface area contributed by atoms with E-state index in [9.17, 15) is 4.79 Å². The molecule has 0 spiro atoms. The van der Waals surface area contributed by atoms with E-state index in [0.29, 0.717) is 18.7 Å². The van der Waals surface area contributed by atoms with E-state index in [1.54, 1.807) is 0 Å². The van der Waals surface area contributed by atoms with Gasteiger partial charge in [0.1, 0.15) is 0 Å². The Kier molecular flexibility index (Phi) is 9.33. The van der Waals surface area contributed by atoms with Crippen molar-refractivity contribution in [3.8, 4) is 0 Å². The van der Waals surface area contributed by atoms with E-state index in [2.05, 4.69) is 27.9 Å². The fourth-order valence-corrected chi connectivity index (χ4v) is 3.00. The zero-order chi connectivity index (χ0) is 18.2. The van der Waals surface area contributed by atoms with Crippen LogP contribution in [-0.2, 0) is 11.3 Å². The number of carbonyl (C=O) groups excluding carboxylic acids is 1. The van der Waals surface area contributed by atoms with E-state index < -0.39 is 0 Å². The van der Waals surface area contributed by atoms with Gasteiger partial charge >= 0.3 is 0 Å². The molecule has 0 radical (unpaired) electrons. The summed E-state index contributed by atoms with van der Waals surface area (Å²) in [5, 5.41) is 9.63. The van der Waals surface area contributed by atoms with Crippen molar-refractivity contribution >= 4 is 35.8 Å². The molecule has 1 amide bonds. The van der Waals surface area contributed by atoms with Crippen molar-refractivity contribution in [2.75, 3.05) is 26.2 Å². The molecule has 0 aromatic heterocycles. The number of guanidine groups is 1. The molecule has 27 heavy (non-hydrogen) atoms. The topological polar surface area (TPSA) is 74.8 Å². The number of amides is 1. The fourth-order valence-electron chi connectivity index (χ4n) is 3.00. The molecule has 1 aliphatic heterocycles. The summed E-state index contributed by atoms with van der Waals surface area (Å²) in [5.74, 6) is 1.59. The molecule has 1 saturated carbocycles. The van der Waals surface area contributed by atoms with Crippen LogP contribution in [0, 0.1) is 5.92 Å². The number of hydrogen-bond donors (Lipinski definition) is 3. The number of nitrogens with one attached hydrogen (secondary N) is 3. The van der Waals surface area contributed by atoms with Crippen LogP contribution in [0.1, 0.15) is 48.5 Å². The molecule has 7 heteroatoms. The van der Waals surface area contributed by atoms with Crippen LogP contribution in [0.25, 0.3) is 0 Å². The maximum absolute atomic E-state index is 12.4. The van der Waals surface area contributed by atoms with Crippen molar-refractivity contribution in [2.24, 2.45) is 10.9 Å². The number of ether oxygens (including phenoxy) is 1. The summed E-state index contributed by atoms with van der Waals surface area (Å²) in [5.41, 5.74) is 1.70. The Morgan fingerprint density at radius 2 is 2.04 bits per heavy atom. The summed E-state index contributed by atoms with van der Waals surface area (Å²) in [4.78, 5) is 17.0. The standard InChI is InChI=1S/C20H30N4O2.HI/c1-2-21-20(23-12-15-8-9-15)24-13-16-5-3-6-17(11-16)19(25)22-14-18-7-4-10-26-18;/h3,5-6,11,15,18H,2,4,7-10,12-14H2,1H3,(H,22,25)(H2,21,23,24);1H. The minimum Gasteiger partial charge on any atom is -0.376 e. The van der Waals surface area contributed by atoms with E-state index in [4.69, 9.17) is 4.74 Å². The van der Waals surface area contributed by atoms with Gasteiger partial charge < -0.3 is 20.7 Å². The second-order valence-electron chi connectivity index (χ2n) is 7.06. The zero-order valence-electron chi connectivity index (χ0n) is 16.0. The average molecular weight is 486 g/mol. The van der Waals surface area contributed by atoms with Gasteiger partial charge in [-0.25, -0.2) is 4.99 Å². The molecule has 1 saturated heterocycles. The fraction of sp³-hybridized carbons (Fsp3) is 0.600. The number of aliphatic imine (C=N–C) groups is 1. The molecule has 3 rings (SSSR count). The first kappa shape index (κ1) is 21.9. The molecule has 2 fully saturated rings. The Labute approximate surface area is 178 Å². The predicted molar refractivity (Wildman–Crippen MR) is 119 cm³/mol. The van der Waals surface area contributed by atoms with Crippen LogP contribution >= 0.6 is 24.0 Å². The monoisotopic (exact) mass is 486 g/mol. The number of carbonyl (C=O) groups is 1. The summed E-state index contributed by atoms with van der Waals surface area (Å²) in [6.45, 7) is 5.81. The van der Waals surface area contributed by atoms with Gasteiger partial charge in [-0.15, -0.1) is 24.0 Å². The molecule has 3 N–H and O–H groups in total. The highest BCUT2D eigenvalue weighted by atomic mass is 127. The Morgan fingerprint density at radius 3 is 2.74 bits per heavy atom. The van der Waals surface area contributed by atoms with Crippen molar-refractivity contribution in [3.05, 3.63) is 35.4 Å². The third-order valence-electron chi connectivity index (χ3n) is 4.72. The molecular weight excluding hydrogens is 455 g/mol. The average Bonchev–Trinajstić information content (AvgIpc) is 3.35. The molecule has 1 aromatic rings. The van der Waals surface area contributed by atoms with Gasteiger partial charge in [-0.3, -0.25) is 4.79 Å². The predicted octanol–water partition coefficient (Wildman–Crippen LogP) is 2.68. The van der Waals surface area contributed by atoms with E-state index in [1.165, 1.54) is 12.8 Å². The van der Waals surface area contributed by atoms with Gasteiger partial charge in [-0.2, -0.15) is 0 Å². The van der Waals surface area contributed by atoms with E-state index >= 15 is 0 Å². The lowest BCUT2D eigenvalue weighted by Gasteiger charge is -2.12. The molecule has 1 heterocycles. The highest BCUT2D eigenvalue weighted by molar-refractivity contribution is 14.0. The number of halogens is 1. The van der Waals surface area contributed by atoms with E-state index in [-0.39, 0.29) is 36.0 Å². The quantitative estimate of drug-likeness (QED) is 0.300. The Bertz CT molecular complexity index is 628. The van der Waals surface area contributed by atoms with E-state index in [0.717, 1.165) is 50.0 Å². The van der Waals surface area contributed by atoms with Crippen LogP contribution < -0.4 is 16.0 Å². The summed E-state index contributed by atoms with van der Waals surface area (Å²) >= 11 is 0. The van der Waals surface area contributed by atoms with Crippen molar-refractivity contribution in [3.63, 3.8) is 0 Å². The largest absolute Gasteiger partial charge is 0.376 e. The Hall–Kier alpha value is -1.35. The smallest absolute Gasteiger partial charge is 0.251 e. The van der Waals surface area contributed by atoms with Crippen molar-refractivity contribution in [1.82, 2.24) is 16.0 Å². The molecule has 2 aliphatic rings. The molecule has 0 bridgehead atoms. The normalized spacial score (nSPS) is 19.3. The summed E-state index contributed by atoms with van der Waals surface area (Å²) in [6, 6.07) is 7.68. The van der Waals surface area contributed by atoms with Crippen LogP contribution in [0.3, 0.4) is 0 Å². The lowest BCUT2D eigenvalue weighted by atomic mass is 10.1. The van der Waals surface area contributed by atoms with Gasteiger partial charge in [0.15, 0.2) is 5.96 Å². The Morgan fingerprint density at radius 1 is 1.19 bits per heavy atom. The first-order valence-corrected chi connectivity index (χ1v) is 9.75. The van der Waals surface area contributed by atoms with Gasteiger partial charge in [0, 0.05) is 31.8 Å². The summed E-state index contributed by atoms with van der Waals surface area (Å²) in [7, 11) is 0. The third-order valence-corrected chi connectivity index (χ3v) is 4.72. The maximum Gasteiger partial charge on any atom is 0.251 e. The van der Waals surface area contributed by atoms with Crippen LogP contribution in [0.2, 0.25) is 0 Å². The molecular formula is C20H31IN4O2. The Balaban J connectivity index is 0.00000261. The number of rotatable bonds is 8. The molecule has 1 atom stereocenters. The highest BCUT2D eigenvalue weighted by Crippen LogP contribution is 2.27. The molecule has 6 nitrogen and oxygen atoms in total. The van der Waals surface area contributed by atoms with Crippen LogP contribution in [0.4, 0.5) is 0 Å². The SMILES string of the molecule is CCNC(=NCc1cccc(C(=O)NCC2CCCO2)c1)NCC1CC1.I. The molecule has 150 valence electrons. The van der Waals surface area contributed by atoms with Crippen LogP contribution in [0.5, 0.6) is 0 Å². The van der Waals surface area contributed by atoms with Gasteiger partial charge in [-0.05, 0) is 56.2 Å². The zero-order valence-corrected chi connectivity index (χ0v) is 18.3. The number of benzene rings is 1. The van der Waals surface area contributed by atoms with Gasteiger partial charge in [0.25, 0.3) is 5.91 Å². The van der Waals surface area contributed by atoms with Crippen LogP contribution in [0.15, 0.2) is 29.3 Å². The molecule has 1 aromatic carbocycles. The second-order valence-corrected chi connectivity index (χ2v) is 7.06. The van der Waals surface area contributed by atoms with Crippen molar-refractivity contribution in [2.45, 2.75) is 45.3 Å². The van der Waals surface area contributed by atoms with Crippen molar-refractivity contribution < 1.29 is 9.53 Å². The molecule has 1 aliphatic carbocycles. The van der Waals surface area contributed by atoms with E-state index in [1.807, 2.05) is 24.3 Å². The number of nitrogens with zero attached hydrogens (tertiary/aromatic N) is 1. The van der Waals surface area contributed by atoms with Crippen molar-refractivity contribution in [1.29, 1.82) is 0 Å². The molecule has 1 unspecified atom stereocenters.